The Labute approximate surface area is 188 Å². The molecule has 0 saturated heterocycles. The van der Waals surface area contributed by atoms with Gasteiger partial charge in [-0.05, 0) is 30.2 Å². The number of ether oxygens (including phenoxy) is 1. The summed E-state index contributed by atoms with van der Waals surface area (Å²) >= 11 is 0. The van der Waals surface area contributed by atoms with Gasteiger partial charge >= 0.3 is 11.7 Å². The summed E-state index contributed by atoms with van der Waals surface area (Å²) in [6.07, 6.45) is 1.86. The fourth-order valence-electron chi connectivity index (χ4n) is 3.85. The summed E-state index contributed by atoms with van der Waals surface area (Å²) in [5.41, 5.74) is 5.64. The Morgan fingerprint density at radius 2 is 2.00 bits per heavy atom. The van der Waals surface area contributed by atoms with Gasteiger partial charge in [-0.25, -0.2) is 9.59 Å². The first-order valence-electron chi connectivity index (χ1n) is 10.7. The smallest absolute Gasteiger partial charge is 0.339 e. The number of hydrogen-bond donors (Lipinski definition) is 2. The first-order chi connectivity index (χ1) is 15.9. The first-order valence-corrected chi connectivity index (χ1v) is 10.7. The zero-order chi connectivity index (χ0) is 23.5. The molecule has 0 radical (unpaired) electrons. The average molecular weight is 452 g/mol. The minimum Gasteiger partial charge on any atom is -0.467 e. The molecule has 0 aliphatic carbocycles. The van der Waals surface area contributed by atoms with Crippen LogP contribution in [0, 0.1) is 0 Å². The number of nitrogens with two attached hydrogens (primary N) is 1. The van der Waals surface area contributed by atoms with E-state index < -0.39 is 29.2 Å². The summed E-state index contributed by atoms with van der Waals surface area (Å²) in [6, 6.07) is 10.1. The molecule has 1 aliphatic rings. The van der Waals surface area contributed by atoms with Crippen molar-refractivity contribution < 1.29 is 18.7 Å². The zero-order valence-corrected chi connectivity index (χ0v) is 18.1. The third kappa shape index (κ3) is 4.32. The summed E-state index contributed by atoms with van der Waals surface area (Å²) in [5.74, 6) is -1.02. The van der Waals surface area contributed by atoms with Gasteiger partial charge in [0.1, 0.15) is 11.6 Å². The van der Waals surface area contributed by atoms with Crippen LogP contribution in [0.5, 0.6) is 0 Å². The molecular formula is C23H24N4O6. The molecule has 10 nitrogen and oxygen atoms in total. The van der Waals surface area contributed by atoms with Gasteiger partial charge in [0.2, 0.25) is 0 Å². The van der Waals surface area contributed by atoms with E-state index in [4.69, 9.17) is 14.9 Å². The molecule has 1 amide bonds. The SMILES string of the molecule is CCCCn1c(N)c(N(Cc2ccco2)C(=O)[C@@H]2Cc3ccccc3C(=O)O2)c(=O)[nH]c1=O. The molecule has 2 aromatic heterocycles. The topological polar surface area (TPSA) is 141 Å². The van der Waals surface area contributed by atoms with Gasteiger partial charge in [-0.2, -0.15) is 0 Å². The van der Waals surface area contributed by atoms with Crippen LogP contribution >= 0.6 is 0 Å². The van der Waals surface area contributed by atoms with Crippen molar-refractivity contribution in [3.8, 4) is 0 Å². The molecule has 0 saturated carbocycles. The van der Waals surface area contributed by atoms with E-state index in [0.717, 1.165) is 11.3 Å². The summed E-state index contributed by atoms with van der Waals surface area (Å²) in [7, 11) is 0. The van der Waals surface area contributed by atoms with E-state index in [1.807, 2.05) is 6.92 Å². The Morgan fingerprint density at radius 3 is 2.73 bits per heavy atom. The van der Waals surface area contributed by atoms with Crippen molar-refractivity contribution in [1.82, 2.24) is 9.55 Å². The number of nitrogens with zero attached hydrogens (tertiary/aromatic N) is 2. The molecule has 1 aliphatic heterocycles. The molecule has 4 rings (SSSR count). The van der Waals surface area contributed by atoms with Crippen molar-refractivity contribution in [2.75, 3.05) is 10.6 Å². The second kappa shape index (κ2) is 9.19. The van der Waals surface area contributed by atoms with E-state index in [0.29, 0.717) is 23.3 Å². The molecule has 33 heavy (non-hydrogen) atoms. The highest BCUT2D eigenvalue weighted by molar-refractivity contribution is 6.02. The van der Waals surface area contributed by atoms with Crippen molar-refractivity contribution >= 4 is 23.4 Å². The summed E-state index contributed by atoms with van der Waals surface area (Å²) in [4.78, 5) is 54.6. The highest BCUT2D eigenvalue weighted by atomic mass is 16.5. The number of unbranched alkanes of at least 4 members (excludes halogenated alkanes) is 1. The summed E-state index contributed by atoms with van der Waals surface area (Å²) in [6.45, 7) is 2.09. The quantitative estimate of drug-likeness (QED) is 0.521. The Morgan fingerprint density at radius 1 is 1.21 bits per heavy atom. The van der Waals surface area contributed by atoms with Crippen molar-refractivity contribution in [2.45, 2.75) is 45.4 Å². The number of nitrogen functional groups attached to an aromatic ring is 1. The molecule has 1 atom stereocenters. The highest BCUT2D eigenvalue weighted by Crippen LogP contribution is 2.26. The van der Waals surface area contributed by atoms with Crippen LogP contribution < -0.4 is 21.9 Å². The van der Waals surface area contributed by atoms with Crippen LogP contribution in [0.3, 0.4) is 0 Å². The number of rotatable bonds is 7. The molecule has 0 fully saturated rings. The van der Waals surface area contributed by atoms with Gasteiger partial charge in [0.05, 0.1) is 18.4 Å². The number of fused-ring (bicyclic) bond motifs is 1. The van der Waals surface area contributed by atoms with Crippen LogP contribution in [0.1, 0.15) is 41.4 Å². The normalized spacial score (nSPS) is 15.1. The number of esters is 1. The maximum absolute atomic E-state index is 13.6. The Kier molecular flexibility index (Phi) is 6.16. The third-order valence-corrected chi connectivity index (χ3v) is 5.55. The van der Waals surface area contributed by atoms with Crippen LogP contribution in [-0.2, 0) is 29.0 Å². The predicted molar refractivity (Wildman–Crippen MR) is 120 cm³/mol. The van der Waals surface area contributed by atoms with Crippen molar-refractivity contribution in [3.63, 3.8) is 0 Å². The molecule has 3 aromatic rings. The number of aromatic nitrogens is 2. The number of aromatic amines is 1. The lowest BCUT2D eigenvalue weighted by molar-refractivity contribution is -0.127. The van der Waals surface area contributed by atoms with E-state index in [-0.39, 0.29) is 31.0 Å². The fraction of sp³-hybridized carbons (Fsp3) is 0.304. The van der Waals surface area contributed by atoms with Crippen LogP contribution in [0.4, 0.5) is 11.5 Å². The van der Waals surface area contributed by atoms with Gasteiger partial charge in [-0.3, -0.25) is 24.0 Å². The number of benzene rings is 1. The summed E-state index contributed by atoms with van der Waals surface area (Å²) < 4.78 is 12.0. The predicted octanol–water partition coefficient (Wildman–Crippen LogP) is 1.83. The average Bonchev–Trinajstić information content (AvgIpc) is 3.31. The number of nitrogens with one attached hydrogen (secondary N) is 1. The standard InChI is InChI=1S/C23H24N4O6/c1-2-3-10-26-19(24)18(20(28)25-23(26)31)27(13-15-8-6-11-32-15)21(29)17-12-14-7-4-5-9-16(14)22(30)33-17/h4-9,11,17H,2-3,10,12-13,24H2,1H3,(H,25,28,31)/t17-/m0/s1. The second-order valence-electron chi connectivity index (χ2n) is 7.76. The lowest BCUT2D eigenvalue weighted by Crippen LogP contribution is -2.47. The lowest BCUT2D eigenvalue weighted by atomic mass is 9.98. The van der Waals surface area contributed by atoms with Crippen LogP contribution in [0.2, 0.25) is 0 Å². The molecule has 3 heterocycles. The van der Waals surface area contributed by atoms with E-state index in [1.54, 1.807) is 36.4 Å². The number of anilines is 2. The lowest BCUT2D eigenvalue weighted by Gasteiger charge is -2.30. The molecule has 0 unspecified atom stereocenters. The Balaban J connectivity index is 1.77. The maximum Gasteiger partial charge on any atom is 0.339 e. The van der Waals surface area contributed by atoms with Gasteiger partial charge in [0, 0.05) is 13.0 Å². The first kappa shape index (κ1) is 22.1. The molecule has 0 spiro atoms. The minimum atomic E-state index is -1.17. The second-order valence-corrected chi connectivity index (χ2v) is 7.76. The van der Waals surface area contributed by atoms with Gasteiger partial charge in [-0.15, -0.1) is 0 Å². The van der Waals surface area contributed by atoms with Gasteiger partial charge in [-0.1, -0.05) is 31.5 Å². The highest BCUT2D eigenvalue weighted by Gasteiger charge is 2.36. The number of cyclic esters (lactones) is 1. The Bertz CT molecular complexity index is 1290. The summed E-state index contributed by atoms with van der Waals surface area (Å²) in [5, 5.41) is 0. The van der Waals surface area contributed by atoms with Crippen LogP contribution in [-0.4, -0.2) is 27.5 Å². The van der Waals surface area contributed by atoms with E-state index in [1.165, 1.54) is 10.8 Å². The number of amides is 1. The van der Waals surface area contributed by atoms with Gasteiger partial charge in [0.15, 0.2) is 11.8 Å². The largest absolute Gasteiger partial charge is 0.467 e. The van der Waals surface area contributed by atoms with Crippen molar-refractivity contribution in [2.24, 2.45) is 0 Å². The molecule has 0 bridgehead atoms. The molecular weight excluding hydrogens is 428 g/mol. The Hall–Kier alpha value is -4.08. The molecule has 172 valence electrons. The number of hydrogen-bond acceptors (Lipinski definition) is 7. The number of carbonyl (C=O) groups is 2. The van der Waals surface area contributed by atoms with E-state index in [9.17, 15) is 19.2 Å². The van der Waals surface area contributed by atoms with Gasteiger partial charge < -0.3 is 14.9 Å². The third-order valence-electron chi connectivity index (χ3n) is 5.55. The molecule has 10 heteroatoms. The number of carbonyl (C=O) groups excluding carboxylic acids is 2. The minimum absolute atomic E-state index is 0.138. The molecule has 1 aromatic carbocycles. The van der Waals surface area contributed by atoms with Gasteiger partial charge in [0.25, 0.3) is 11.5 Å². The zero-order valence-electron chi connectivity index (χ0n) is 18.1. The monoisotopic (exact) mass is 452 g/mol. The fourth-order valence-corrected chi connectivity index (χ4v) is 3.85. The van der Waals surface area contributed by atoms with Crippen LogP contribution in [0.15, 0.2) is 56.7 Å². The molecule has 3 N–H and O–H groups in total. The van der Waals surface area contributed by atoms with E-state index >= 15 is 0 Å². The van der Waals surface area contributed by atoms with Crippen molar-refractivity contribution in [1.29, 1.82) is 0 Å². The number of H-pyrrole nitrogens is 1. The maximum atomic E-state index is 13.6. The van der Waals surface area contributed by atoms with Crippen molar-refractivity contribution in [3.05, 3.63) is 80.4 Å². The number of furan rings is 1. The van der Waals surface area contributed by atoms with E-state index in [2.05, 4.69) is 4.98 Å². The van der Waals surface area contributed by atoms with Crippen LogP contribution in [0.25, 0.3) is 0 Å².